The molecule has 4 aromatic heterocycles. The van der Waals surface area contributed by atoms with E-state index in [9.17, 15) is 0 Å². The van der Waals surface area contributed by atoms with Gasteiger partial charge in [0.2, 0.25) is 5.88 Å². The fourth-order valence-electron chi connectivity index (χ4n) is 4.02. The maximum Gasteiger partial charge on any atom is 0.240 e. The molecule has 1 saturated heterocycles. The smallest absolute Gasteiger partial charge is 0.240 e. The zero-order chi connectivity index (χ0) is 20.9. The number of hydrogen-bond acceptors (Lipinski definition) is 6. The number of aromatic nitrogens is 7. The summed E-state index contributed by atoms with van der Waals surface area (Å²) < 4.78 is 17.2. The molecule has 1 aliphatic rings. The SMILES string of the molecule is Cn1cc(-c2cc3ncc(-c4ccc5cnn(C)c5c4)n3nc2OC2CCOC2)cn1. The number of benzene rings is 1. The highest BCUT2D eigenvalue weighted by Crippen LogP contribution is 2.32. The summed E-state index contributed by atoms with van der Waals surface area (Å²) in [6.07, 6.45) is 8.30. The summed E-state index contributed by atoms with van der Waals surface area (Å²) in [5.41, 5.74) is 5.51. The molecule has 9 nitrogen and oxygen atoms in total. The highest BCUT2D eigenvalue weighted by Gasteiger charge is 2.22. The van der Waals surface area contributed by atoms with Gasteiger partial charge in [0.25, 0.3) is 0 Å². The largest absolute Gasteiger partial charge is 0.470 e. The van der Waals surface area contributed by atoms with E-state index >= 15 is 0 Å². The lowest BCUT2D eigenvalue weighted by molar-refractivity contribution is 0.137. The number of fused-ring (bicyclic) bond motifs is 2. The Morgan fingerprint density at radius 3 is 2.81 bits per heavy atom. The normalized spacial score (nSPS) is 16.5. The number of ether oxygens (including phenoxy) is 2. The van der Waals surface area contributed by atoms with Gasteiger partial charge >= 0.3 is 0 Å². The maximum absolute atomic E-state index is 6.28. The molecule has 156 valence electrons. The second kappa shape index (κ2) is 6.92. The molecule has 0 saturated carbocycles. The van der Waals surface area contributed by atoms with Crippen molar-refractivity contribution in [1.29, 1.82) is 0 Å². The summed E-state index contributed by atoms with van der Waals surface area (Å²) in [5.74, 6) is 0.553. The van der Waals surface area contributed by atoms with E-state index in [0.717, 1.165) is 45.4 Å². The van der Waals surface area contributed by atoms with Crippen LogP contribution in [0.25, 0.3) is 38.9 Å². The van der Waals surface area contributed by atoms with E-state index in [1.807, 2.05) is 54.1 Å². The van der Waals surface area contributed by atoms with Crippen LogP contribution >= 0.6 is 0 Å². The Bertz CT molecular complexity index is 1410. The van der Waals surface area contributed by atoms with Gasteiger partial charge in [0.15, 0.2) is 5.65 Å². The highest BCUT2D eigenvalue weighted by molar-refractivity contribution is 5.84. The number of nitrogens with zero attached hydrogens (tertiary/aromatic N) is 7. The highest BCUT2D eigenvalue weighted by atomic mass is 16.5. The van der Waals surface area contributed by atoms with Crippen LogP contribution in [-0.4, -0.2) is 53.5 Å². The third-order valence-corrected chi connectivity index (χ3v) is 5.69. The molecule has 5 aromatic rings. The van der Waals surface area contributed by atoms with Gasteiger partial charge in [-0.1, -0.05) is 12.1 Å². The van der Waals surface area contributed by atoms with Gasteiger partial charge in [-0.05, 0) is 12.1 Å². The second-order valence-corrected chi connectivity index (χ2v) is 7.82. The van der Waals surface area contributed by atoms with Crippen molar-refractivity contribution < 1.29 is 9.47 Å². The molecule has 0 amide bonds. The van der Waals surface area contributed by atoms with Crippen LogP contribution in [0.15, 0.2) is 49.1 Å². The minimum absolute atomic E-state index is 0.0156. The average molecular weight is 415 g/mol. The Kier molecular flexibility index (Phi) is 4.03. The van der Waals surface area contributed by atoms with Crippen LogP contribution in [0.3, 0.4) is 0 Å². The molecular weight excluding hydrogens is 394 g/mol. The number of imidazole rings is 1. The van der Waals surface area contributed by atoms with E-state index in [-0.39, 0.29) is 6.10 Å². The van der Waals surface area contributed by atoms with E-state index in [4.69, 9.17) is 14.6 Å². The molecule has 31 heavy (non-hydrogen) atoms. The third kappa shape index (κ3) is 3.05. The molecule has 0 radical (unpaired) electrons. The summed E-state index contributed by atoms with van der Waals surface area (Å²) in [6.45, 7) is 1.27. The Balaban J connectivity index is 1.51. The van der Waals surface area contributed by atoms with E-state index in [1.165, 1.54) is 0 Å². The average Bonchev–Trinajstić information content (AvgIpc) is 3.56. The van der Waals surface area contributed by atoms with Crippen molar-refractivity contribution in [1.82, 2.24) is 34.2 Å². The fraction of sp³-hybridized carbons (Fsp3) is 0.273. The Labute approximate surface area is 177 Å². The molecule has 1 fully saturated rings. The Hall–Kier alpha value is -3.72. The molecule has 5 heterocycles. The molecule has 1 unspecified atom stereocenters. The van der Waals surface area contributed by atoms with Gasteiger partial charge < -0.3 is 9.47 Å². The molecule has 0 aliphatic carbocycles. The first-order chi connectivity index (χ1) is 15.2. The molecule has 1 aliphatic heterocycles. The topological polar surface area (TPSA) is 84.3 Å². The van der Waals surface area contributed by atoms with Crippen molar-refractivity contribution in [2.45, 2.75) is 12.5 Å². The van der Waals surface area contributed by atoms with Crippen molar-refractivity contribution in [2.75, 3.05) is 13.2 Å². The van der Waals surface area contributed by atoms with Crippen LogP contribution in [0, 0.1) is 0 Å². The van der Waals surface area contributed by atoms with E-state index in [2.05, 4.69) is 33.4 Å². The molecule has 0 spiro atoms. The monoisotopic (exact) mass is 415 g/mol. The van der Waals surface area contributed by atoms with Gasteiger partial charge in [-0.3, -0.25) is 9.36 Å². The lowest BCUT2D eigenvalue weighted by Gasteiger charge is -2.14. The van der Waals surface area contributed by atoms with Crippen LogP contribution in [-0.2, 0) is 18.8 Å². The number of hydrogen-bond donors (Lipinski definition) is 0. The Morgan fingerprint density at radius 2 is 2.00 bits per heavy atom. The summed E-state index contributed by atoms with van der Waals surface area (Å²) in [4.78, 5) is 4.62. The molecule has 1 atom stereocenters. The third-order valence-electron chi connectivity index (χ3n) is 5.69. The summed E-state index contributed by atoms with van der Waals surface area (Å²) in [6, 6.07) is 8.24. The molecule has 6 rings (SSSR count). The number of rotatable bonds is 4. The maximum atomic E-state index is 6.28. The standard InChI is InChI=1S/C22H21N7O2/c1-27-12-16(10-24-27)18-8-21-23-11-20(14-3-4-15-9-25-28(2)19(15)7-14)29(21)26-22(18)31-17-5-6-30-13-17/h3-4,7-12,17H,5-6,13H2,1-2H3. The van der Waals surface area contributed by atoms with E-state index in [1.54, 1.807) is 4.68 Å². The lowest BCUT2D eigenvalue weighted by atomic mass is 10.1. The summed E-state index contributed by atoms with van der Waals surface area (Å²) in [7, 11) is 3.83. The van der Waals surface area contributed by atoms with Gasteiger partial charge in [-0.2, -0.15) is 10.2 Å². The van der Waals surface area contributed by atoms with Crippen LogP contribution in [0.1, 0.15) is 6.42 Å². The van der Waals surface area contributed by atoms with Gasteiger partial charge in [-0.15, -0.1) is 5.10 Å². The van der Waals surface area contributed by atoms with E-state index in [0.29, 0.717) is 19.1 Å². The van der Waals surface area contributed by atoms with Gasteiger partial charge in [0.05, 0.1) is 48.6 Å². The van der Waals surface area contributed by atoms with Crippen LogP contribution in [0.4, 0.5) is 0 Å². The zero-order valence-corrected chi connectivity index (χ0v) is 17.3. The molecular formula is C22H21N7O2. The second-order valence-electron chi connectivity index (χ2n) is 7.82. The van der Waals surface area contributed by atoms with Crippen molar-refractivity contribution in [3.63, 3.8) is 0 Å². The van der Waals surface area contributed by atoms with Gasteiger partial charge in [0, 0.05) is 43.2 Å². The van der Waals surface area contributed by atoms with Crippen molar-refractivity contribution in [3.8, 4) is 28.3 Å². The minimum atomic E-state index is -0.0156. The lowest BCUT2D eigenvalue weighted by Crippen LogP contribution is -2.18. The first-order valence-corrected chi connectivity index (χ1v) is 10.2. The van der Waals surface area contributed by atoms with Crippen LogP contribution in [0.2, 0.25) is 0 Å². The van der Waals surface area contributed by atoms with Crippen LogP contribution < -0.4 is 4.74 Å². The first-order valence-electron chi connectivity index (χ1n) is 10.2. The van der Waals surface area contributed by atoms with Crippen molar-refractivity contribution in [3.05, 3.63) is 49.1 Å². The molecule has 1 aromatic carbocycles. The molecule has 0 N–H and O–H groups in total. The first kappa shape index (κ1) is 18.1. The quantitative estimate of drug-likeness (QED) is 0.449. The van der Waals surface area contributed by atoms with Gasteiger partial charge in [-0.25, -0.2) is 9.50 Å². The van der Waals surface area contributed by atoms with Gasteiger partial charge in [0.1, 0.15) is 6.10 Å². The Morgan fingerprint density at radius 1 is 1.06 bits per heavy atom. The van der Waals surface area contributed by atoms with Crippen molar-refractivity contribution in [2.24, 2.45) is 14.1 Å². The summed E-state index contributed by atoms with van der Waals surface area (Å²) >= 11 is 0. The minimum Gasteiger partial charge on any atom is -0.470 e. The predicted octanol–water partition coefficient (Wildman–Crippen LogP) is 2.85. The zero-order valence-electron chi connectivity index (χ0n) is 17.3. The molecule has 9 heteroatoms. The summed E-state index contributed by atoms with van der Waals surface area (Å²) in [5, 5.41) is 14.6. The predicted molar refractivity (Wildman–Crippen MR) is 115 cm³/mol. The van der Waals surface area contributed by atoms with Crippen LogP contribution in [0.5, 0.6) is 5.88 Å². The fourth-order valence-corrected chi connectivity index (χ4v) is 4.02. The van der Waals surface area contributed by atoms with E-state index < -0.39 is 0 Å². The number of aryl methyl sites for hydroxylation is 2. The van der Waals surface area contributed by atoms with Crippen molar-refractivity contribution >= 4 is 16.6 Å². The molecule has 0 bridgehead atoms.